The van der Waals surface area contributed by atoms with Crippen molar-refractivity contribution >= 4 is 21.1 Å². The number of likely N-dealkylation sites (N-methyl/N-ethyl adjacent to an activating group) is 1. The summed E-state index contributed by atoms with van der Waals surface area (Å²) in [4.78, 5) is 22.8. The predicted octanol–water partition coefficient (Wildman–Crippen LogP) is 0.566. The van der Waals surface area contributed by atoms with E-state index < -0.39 is 10.0 Å². The molecule has 1 fully saturated rings. The number of sulfonamides is 1. The molecule has 33 heavy (non-hydrogen) atoms. The van der Waals surface area contributed by atoms with Gasteiger partial charge in [-0.05, 0) is 31.2 Å². The van der Waals surface area contributed by atoms with E-state index in [1.165, 1.54) is 4.31 Å². The van der Waals surface area contributed by atoms with Crippen molar-refractivity contribution in [2.45, 2.75) is 31.1 Å². The van der Waals surface area contributed by atoms with Crippen LogP contribution in [0.1, 0.15) is 24.6 Å². The van der Waals surface area contributed by atoms with Crippen molar-refractivity contribution in [2.24, 2.45) is 7.05 Å². The third kappa shape index (κ3) is 3.73. The number of benzene rings is 1. The first-order chi connectivity index (χ1) is 15.8. The molecule has 2 aliphatic heterocycles. The van der Waals surface area contributed by atoms with Crippen molar-refractivity contribution in [2.75, 3.05) is 39.8 Å². The molecule has 0 spiro atoms. The number of aromatic nitrogens is 4. The normalized spacial score (nSPS) is 17.4. The monoisotopic (exact) mass is 473 g/mol. The van der Waals surface area contributed by atoms with Gasteiger partial charge in [-0.25, -0.2) is 13.4 Å². The minimum Gasteiger partial charge on any atom is -0.492 e. The summed E-state index contributed by atoms with van der Waals surface area (Å²) in [6.45, 7) is 4.81. The Morgan fingerprint density at radius 2 is 1.97 bits per heavy atom. The Bertz CT molecular complexity index is 1390. The summed E-state index contributed by atoms with van der Waals surface area (Å²) in [6.07, 6.45) is 2.28. The predicted molar refractivity (Wildman–Crippen MR) is 123 cm³/mol. The van der Waals surface area contributed by atoms with Crippen molar-refractivity contribution < 1.29 is 17.8 Å². The number of hydrogen-bond acceptors (Lipinski definition) is 6. The first kappa shape index (κ1) is 22.1. The molecule has 2 N–H and O–H groups in total. The number of rotatable bonds is 5. The minimum atomic E-state index is -3.68. The SMILES string of the molecule is CCCc1c2nc(-c3cc(S(=O)(=O)N4CCN(C)CC4)cc4c3OCC4)[nH]c(=O)c2[nH][n+]1C. The molecule has 3 aromatic rings. The van der Waals surface area contributed by atoms with Gasteiger partial charge in [0.25, 0.3) is 5.56 Å². The second-order valence-corrected chi connectivity index (χ2v) is 10.7. The Morgan fingerprint density at radius 1 is 1.21 bits per heavy atom. The van der Waals surface area contributed by atoms with Crippen LogP contribution >= 0.6 is 0 Å². The van der Waals surface area contributed by atoms with Crippen LogP contribution in [0.15, 0.2) is 21.8 Å². The zero-order valence-electron chi connectivity index (χ0n) is 19.1. The number of piperazine rings is 1. The van der Waals surface area contributed by atoms with Crippen LogP contribution in [0.4, 0.5) is 0 Å². The molecule has 0 bridgehead atoms. The van der Waals surface area contributed by atoms with Crippen LogP contribution in [0.25, 0.3) is 22.4 Å². The highest BCUT2D eigenvalue weighted by Crippen LogP contribution is 2.38. The second-order valence-electron chi connectivity index (χ2n) is 8.77. The lowest BCUT2D eigenvalue weighted by Gasteiger charge is -2.31. The Kier molecular flexibility index (Phi) is 5.50. The van der Waals surface area contributed by atoms with Gasteiger partial charge in [0, 0.05) is 39.0 Å². The molecule has 0 amide bonds. The van der Waals surface area contributed by atoms with Gasteiger partial charge in [0.05, 0.1) is 17.1 Å². The average molecular weight is 474 g/mol. The molecule has 1 aromatic carbocycles. The van der Waals surface area contributed by atoms with Gasteiger partial charge >= 0.3 is 0 Å². The summed E-state index contributed by atoms with van der Waals surface area (Å²) < 4.78 is 36.1. The molecule has 176 valence electrons. The molecule has 0 atom stereocenters. The minimum absolute atomic E-state index is 0.211. The van der Waals surface area contributed by atoms with Crippen LogP contribution in [-0.2, 0) is 29.9 Å². The maximum atomic E-state index is 13.5. The Morgan fingerprint density at radius 3 is 2.70 bits per heavy atom. The quantitative estimate of drug-likeness (QED) is 0.524. The van der Waals surface area contributed by atoms with Crippen LogP contribution < -0.4 is 15.0 Å². The third-order valence-corrected chi connectivity index (χ3v) is 8.35. The summed E-state index contributed by atoms with van der Waals surface area (Å²) >= 11 is 0. The molecule has 11 heteroatoms. The Labute approximate surface area is 192 Å². The highest BCUT2D eigenvalue weighted by Gasteiger charge is 2.31. The number of fused-ring (bicyclic) bond motifs is 2. The maximum Gasteiger partial charge on any atom is 0.281 e. The number of ether oxygens (including phenoxy) is 1. The molecule has 2 aliphatic rings. The molecule has 0 radical (unpaired) electrons. The van der Waals surface area contributed by atoms with Gasteiger partial charge < -0.3 is 14.6 Å². The van der Waals surface area contributed by atoms with Crippen molar-refractivity contribution in [1.82, 2.24) is 24.3 Å². The molecule has 1 saturated heterocycles. The Balaban J connectivity index is 1.66. The van der Waals surface area contributed by atoms with E-state index in [4.69, 9.17) is 9.72 Å². The van der Waals surface area contributed by atoms with Crippen LogP contribution in [-0.4, -0.2) is 72.5 Å². The summed E-state index contributed by atoms with van der Waals surface area (Å²) in [6, 6.07) is 3.29. The summed E-state index contributed by atoms with van der Waals surface area (Å²) in [5.41, 5.74) is 2.95. The maximum absolute atomic E-state index is 13.5. The zero-order chi connectivity index (χ0) is 23.3. The third-order valence-electron chi connectivity index (χ3n) is 6.48. The van der Waals surface area contributed by atoms with E-state index in [2.05, 4.69) is 21.9 Å². The van der Waals surface area contributed by atoms with Crippen molar-refractivity contribution in [1.29, 1.82) is 0 Å². The van der Waals surface area contributed by atoms with E-state index in [-0.39, 0.29) is 10.5 Å². The fraction of sp³-hybridized carbons (Fsp3) is 0.500. The van der Waals surface area contributed by atoms with E-state index in [1.807, 2.05) is 18.8 Å². The standard InChI is InChI=1S/C22H28N6O4S/c1-4-5-17-18-19(25-27(17)3)22(29)24-21(23-18)16-13-15(12-14-6-11-32-20(14)16)33(30,31)28-9-7-26(2)8-10-28/h12-13H,4-11H2,1-3H3,(H,23,24,29)/p+1. The molecule has 0 unspecified atom stereocenters. The second kappa shape index (κ2) is 8.23. The van der Waals surface area contributed by atoms with Crippen LogP contribution in [0.5, 0.6) is 5.75 Å². The van der Waals surface area contributed by atoms with Crippen molar-refractivity contribution in [3.05, 3.63) is 33.7 Å². The smallest absolute Gasteiger partial charge is 0.281 e. The largest absolute Gasteiger partial charge is 0.492 e. The van der Waals surface area contributed by atoms with E-state index in [0.717, 1.165) is 24.1 Å². The van der Waals surface area contributed by atoms with Crippen molar-refractivity contribution in [3.8, 4) is 17.1 Å². The zero-order valence-corrected chi connectivity index (χ0v) is 20.0. The lowest BCUT2D eigenvalue weighted by atomic mass is 10.1. The molecule has 2 aromatic heterocycles. The lowest BCUT2D eigenvalue weighted by molar-refractivity contribution is -0.731. The summed E-state index contributed by atoms with van der Waals surface area (Å²) in [7, 11) is 0.162. The van der Waals surface area contributed by atoms with Gasteiger partial charge in [0.1, 0.15) is 11.6 Å². The van der Waals surface area contributed by atoms with Gasteiger partial charge in [-0.3, -0.25) is 4.79 Å². The summed E-state index contributed by atoms with van der Waals surface area (Å²) in [5, 5.41) is 3.07. The fourth-order valence-electron chi connectivity index (χ4n) is 4.61. The number of H-pyrrole nitrogens is 2. The van der Waals surface area contributed by atoms with Crippen LogP contribution in [0.3, 0.4) is 0 Å². The number of aryl methyl sites for hydroxylation is 2. The number of nitrogens with zero attached hydrogens (tertiary/aromatic N) is 4. The van der Waals surface area contributed by atoms with Crippen LogP contribution in [0, 0.1) is 0 Å². The average Bonchev–Trinajstić information content (AvgIpc) is 3.39. The van der Waals surface area contributed by atoms with Gasteiger partial charge in [-0.1, -0.05) is 6.92 Å². The molecule has 4 heterocycles. The number of nitrogens with one attached hydrogen (secondary N) is 2. The number of aromatic amines is 2. The topological polar surface area (TPSA) is 115 Å². The molecular formula is C22H29N6O4S+. The molecule has 0 saturated carbocycles. The fourth-order valence-corrected chi connectivity index (χ4v) is 6.11. The van der Waals surface area contributed by atoms with Gasteiger partial charge in [-0.15, -0.1) is 4.68 Å². The lowest BCUT2D eigenvalue weighted by Crippen LogP contribution is -2.47. The molecule has 10 nitrogen and oxygen atoms in total. The Hall–Kier alpha value is -2.76. The molecule has 5 rings (SSSR count). The molecular weight excluding hydrogens is 444 g/mol. The number of hydrogen-bond donors (Lipinski definition) is 2. The van der Waals surface area contributed by atoms with Gasteiger partial charge in [0.15, 0.2) is 18.1 Å². The first-order valence-corrected chi connectivity index (χ1v) is 12.7. The summed E-state index contributed by atoms with van der Waals surface area (Å²) in [5.74, 6) is 0.907. The highest BCUT2D eigenvalue weighted by atomic mass is 32.2. The van der Waals surface area contributed by atoms with E-state index >= 15 is 0 Å². The van der Waals surface area contributed by atoms with E-state index in [0.29, 0.717) is 67.4 Å². The van der Waals surface area contributed by atoms with Crippen LogP contribution in [0.2, 0.25) is 0 Å². The van der Waals surface area contributed by atoms with Crippen molar-refractivity contribution in [3.63, 3.8) is 0 Å². The van der Waals surface area contributed by atoms with E-state index in [1.54, 1.807) is 12.1 Å². The highest BCUT2D eigenvalue weighted by molar-refractivity contribution is 7.89. The first-order valence-electron chi connectivity index (χ1n) is 11.3. The van der Waals surface area contributed by atoms with E-state index in [9.17, 15) is 13.2 Å². The van der Waals surface area contributed by atoms with Gasteiger partial charge in [-0.2, -0.15) is 9.40 Å². The molecule has 0 aliphatic carbocycles. The van der Waals surface area contributed by atoms with Gasteiger partial charge in [0.2, 0.25) is 15.7 Å².